The van der Waals surface area contributed by atoms with Crippen LogP contribution >= 0.6 is 15.9 Å². The van der Waals surface area contributed by atoms with E-state index in [-0.39, 0.29) is 0 Å². The van der Waals surface area contributed by atoms with Gasteiger partial charge in [-0.1, -0.05) is 47.3 Å². The van der Waals surface area contributed by atoms with E-state index in [1.807, 2.05) is 0 Å². The van der Waals surface area contributed by atoms with E-state index < -0.39 is 0 Å². The largest absolute Gasteiger partial charge is 0.327 e. The molecule has 1 aliphatic carbocycles. The van der Waals surface area contributed by atoms with Crippen molar-refractivity contribution in [1.82, 2.24) is 0 Å². The smallest absolute Gasteiger partial charge is 0.0175 e. The molecule has 16 heavy (non-hydrogen) atoms. The van der Waals surface area contributed by atoms with Crippen molar-refractivity contribution in [1.29, 1.82) is 0 Å². The molecule has 1 nitrogen and oxygen atoms in total. The quantitative estimate of drug-likeness (QED) is 0.894. The highest BCUT2D eigenvalue weighted by Gasteiger charge is 2.20. The highest BCUT2D eigenvalue weighted by molar-refractivity contribution is 9.10. The summed E-state index contributed by atoms with van der Waals surface area (Å²) in [7, 11) is 0. The fraction of sp³-hybridized carbons (Fsp3) is 0.571. The summed E-state index contributed by atoms with van der Waals surface area (Å²) in [6.45, 7) is 0. The Morgan fingerprint density at radius 3 is 2.38 bits per heavy atom. The molecule has 0 radical (unpaired) electrons. The molecule has 0 aliphatic heterocycles. The molecule has 0 bridgehead atoms. The Morgan fingerprint density at radius 1 is 1.12 bits per heavy atom. The Morgan fingerprint density at radius 2 is 1.75 bits per heavy atom. The second-order valence-electron chi connectivity index (χ2n) is 4.89. The van der Waals surface area contributed by atoms with Crippen LogP contribution in [0.4, 0.5) is 0 Å². The second kappa shape index (κ2) is 5.83. The van der Waals surface area contributed by atoms with Gasteiger partial charge in [0.25, 0.3) is 0 Å². The van der Waals surface area contributed by atoms with Gasteiger partial charge in [-0.05, 0) is 42.9 Å². The first-order chi connectivity index (χ1) is 7.75. The molecule has 0 saturated heterocycles. The van der Waals surface area contributed by atoms with E-state index in [9.17, 15) is 0 Å². The minimum atomic E-state index is 0.349. The van der Waals surface area contributed by atoms with Crippen LogP contribution in [-0.2, 0) is 6.42 Å². The van der Waals surface area contributed by atoms with Gasteiger partial charge in [0.05, 0.1) is 0 Å². The number of nitrogens with two attached hydrogens (primary N) is 1. The molecule has 0 aromatic heterocycles. The molecule has 0 heterocycles. The molecule has 88 valence electrons. The van der Waals surface area contributed by atoms with Crippen molar-refractivity contribution in [3.63, 3.8) is 0 Å². The molecule has 0 amide bonds. The van der Waals surface area contributed by atoms with Crippen LogP contribution in [0.2, 0.25) is 0 Å². The Balaban J connectivity index is 1.90. The van der Waals surface area contributed by atoms with Crippen molar-refractivity contribution in [2.75, 3.05) is 0 Å². The number of rotatable bonds is 3. The zero-order valence-corrected chi connectivity index (χ0v) is 11.2. The Labute approximate surface area is 107 Å². The lowest BCUT2D eigenvalue weighted by Gasteiger charge is -2.27. The van der Waals surface area contributed by atoms with Crippen LogP contribution in [0.5, 0.6) is 0 Å². The van der Waals surface area contributed by atoms with Gasteiger partial charge in [0.15, 0.2) is 0 Å². The Kier molecular flexibility index (Phi) is 4.42. The van der Waals surface area contributed by atoms with Crippen LogP contribution in [0.25, 0.3) is 0 Å². The predicted octanol–water partition coefficient (Wildman–Crippen LogP) is 3.90. The van der Waals surface area contributed by atoms with Gasteiger partial charge in [0, 0.05) is 10.5 Å². The minimum absolute atomic E-state index is 0.349. The van der Waals surface area contributed by atoms with Crippen molar-refractivity contribution < 1.29 is 0 Å². The third-order valence-corrected chi connectivity index (χ3v) is 4.17. The van der Waals surface area contributed by atoms with Crippen LogP contribution in [0.1, 0.15) is 37.7 Å². The maximum absolute atomic E-state index is 6.31. The first-order valence-corrected chi connectivity index (χ1v) is 7.05. The molecule has 1 aliphatic rings. The molecule has 1 aromatic rings. The van der Waals surface area contributed by atoms with E-state index >= 15 is 0 Å². The van der Waals surface area contributed by atoms with Crippen LogP contribution in [-0.4, -0.2) is 6.04 Å². The van der Waals surface area contributed by atoms with Crippen molar-refractivity contribution in [2.24, 2.45) is 11.7 Å². The average molecular weight is 282 g/mol. The zero-order chi connectivity index (χ0) is 11.4. The molecule has 1 saturated carbocycles. The van der Waals surface area contributed by atoms with E-state index in [0.29, 0.717) is 6.04 Å². The predicted molar refractivity (Wildman–Crippen MR) is 72.4 cm³/mol. The first kappa shape index (κ1) is 12.1. The summed E-state index contributed by atoms with van der Waals surface area (Å²) in [5.41, 5.74) is 7.67. The Bertz CT molecular complexity index is 314. The average Bonchev–Trinajstić information content (AvgIpc) is 2.33. The van der Waals surface area contributed by atoms with Crippen molar-refractivity contribution >= 4 is 15.9 Å². The van der Waals surface area contributed by atoms with Gasteiger partial charge >= 0.3 is 0 Å². The van der Waals surface area contributed by atoms with Gasteiger partial charge in [-0.15, -0.1) is 0 Å². The third kappa shape index (κ3) is 3.33. The van der Waals surface area contributed by atoms with Crippen LogP contribution < -0.4 is 5.73 Å². The first-order valence-electron chi connectivity index (χ1n) is 6.26. The van der Waals surface area contributed by atoms with Gasteiger partial charge in [-0.2, -0.15) is 0 Å². The van der Waals surface area contributed by atoms with Gasteiger partial charge in [-0.25, -0.2) is 0 Å². The maximum atomic E-state index is 6.31. The summed E-state index contributed by atoms with van der Waals surface area (Å²) in [6.07, 6.45) is 7.84. The third-order valence-electron chi connectivity index (χ3n) is 3.64. The highest BCUT2D eigenvalue weighted by Crippen LogP contribution is 2.27. The normalized spacial score (nSPS) is 19.6. The minimum Gasteiger partial charge on any atom is -0.327 e. The number of hydrogen-bond acceptors (Lipinski definition) is 1. The second-order valence-corrected chi connectivity index (χ2v) is 5.81. The summed E-state index contributed by atoms with van der Waals surface area (Å²) in [5.74, 6) is 0.748. The van der Waals surface area contributed by atoms with Gasteiger partial charge in [0.2, 0.25) is 0 Å². The summed E-state index contributed by atoms with van der Waals surface area (Å²) in [5, 5.41) is 0. The molecule has 1 atom stereocenters. The van der Waals surface area contributed by atoms with Gasteiger partial charge in [0.1, 0.15) is 0 Å². The summed E-state index contributed by atoms with van der Waals surface area (Å²) in [6, 6.07) is 8.90. The van der Waals surface area contributed by atoms with E-state index in [1.165, 1.54) is 37.7 Å². The number of halogens is 1. The van der Waals surface area contributed by atoms with Crippen molar-refractivity contribution in [3.05, 3.63) is 34.3 Å². The molecule has 1 unspecified atom stereocenters. The number of benzene rings is 1. The van der Waals surface area contributed by atoms with E-state index in [1.54, 1.807) is 0 Å². The molecule has 2 rings (SSSR count). The lowest BCUT2D eigenvalue weighted by atomic mass is 9.82. The molecular formula is C14H20BrN. The van der Waals surface area contributed by atoms with Crippen molar-refractivity contribution in [3.8, 4) is 0 Å². The topological polar surface area (TPSA) is 26.0 Å². The maximum Gasteiger partial charge on any atom is 0.0175 e. The fourth-order valence-electron chi connectivity index (χ4n) is 2.62. The highest BCUT2D eigenvalue weighted by atomic mass is 79.9. The molecule has 1 aromatic carbocycles. The van der Waals surface area contributed by atoms with Gasteiger partial charge in [-0.3, -0.25) is 0 Å². The molecule has 2 N–H and O–H groups in total. The summed E-state index contributed by atoms with van der Waals surface area (Å²) in [4.78, 5) is 0. The molecule has 0 spiro atoms. The SMILES string of the molecule is NC(Cc1ccc(Br)cc1)C1CCCCC1. The Hall–Kier alpha value is -0.340. The zero-order valence-electron chi connectivity index (χ0n) is 9.66. The van der Waals surface area contributed by atoms with Gasteiger partial charge < -0.3 is 5.73 Å². The fourth-order valence-corrected chi connectivity index (χ4v) is 2.89. The summed E-state index contributed by atoms with van der Waals surface area (Å²) < 4.78 is 1.14. The van der Waals surface area contributed by atoms with Crippen LogP contribution in [0.3, 0.4) is 0 Å². The molecule has 2 heteroatoms. The summed E-state index contributed by atoms with van der Waals surface area (Å²) >= 11 is 3.46. The molecular weight excluding hydrogens is 262 g/mol. The van der Waals surface area contributed by atoms with Crippen LogP contribution in [0.15, 0.2) is 28.7 Å². The lowest BCUT2D eigenvalue weighted by Crippen LogP contribution is -2.33. The van der Waals surface area contributed by atoms with Crippen molar-refractivity contribution in [2.45, 2.75) is 44.6 Å². The van der Waals surface area contributed by atoms with E-state index in [2.05, 4.69) is 40.2 Å². The lowest BCUT2D eigenvalue weighted by molar-refractivity contribution is 0.303. The standard InChI is InChI=1S/C14H20BrN/c15-13-8-6-11(7-9-13)10-14(16)12-4-2-1-3-5-12/h6-9,12,14H,1-5,10,16H2. The monoisotopic (exact) mass is 281 g/mol. The van der Waals surface area contributed by atoms with Crippen LogP contribution in [0, 0.1) is 5.92 Å². The van der Waals surface area contributed by atoms with E-state index in [4.69, 9.17) is 5.73 Å². The molecule has 1 fully saturated rings. The van der Waals surface area contributed by atoms with E-state index in [0.717, 1.165) is 16.8 Å². The number of hydrogen-bond donors (Lipinski definition) is 1.